The highest BCUT2D eigenvalue weighted by Crippen LogP contribution is 2.14. The first-order valence-corrected chi connectivity index (χ1v) is 5.77. The van der Waals surface area contributed by atoms with Gasteiger partial charge in [0.25, 0.3) is 0 Å². The summed E-state index contributed by atoms with van der Waals surface area (Å²) in [6.07, 6.45) is 2.69. The van der Waals surface area contributed by atoms with Crippen molar-refractivity contribution in [2.45, 2.75) is 10.9 Å². The molecule has 0 heterocycles. The molecule has 1 aromatic carbocycles. The highest BCUT2D eigenvalue weighted by atomic mass is 32.2. The zero-order valence-electron chi connectivity index (χ0n) is 7.60. The van der Waals surface area contributed by atoms with Crippen LogP contribution in [0.2, 0.25) is 0 Å². The van der Waals surface area contributed by atoms with E-state index >= 15 is 0 Å². The van der Waals surface area contributed by atoms with Crippen LogP contribution in [-0.2, 0) is 14.6 Å². The Balaban J connectivity index is 3.20. The number of rotatable bonds is 3. The lowest BCUT2D eigenvalue weighted by molar-refractivity contribution is 0.544. The fourth-order valence-corrected chi connectivity index (χ4v) is 1.68. The number of hydrogen-bond acceptors (Lipinski definition) is 4. The SMILES string of the molecule is CS(=O)(=O)c1cccc(C(N)[C]=O)c1. The van der Waals surface area contributed by atoms with E-state index < -0.39 is 15.9 Å². The molecule has 75 valence electrons. The van der Waals surface area contributed by atoms with Crippen LogP contribution in [0.4, 0.5) is 0 Å². The van der Waals surface area contributed by atoms with E-state index in [2.05, 4.69) is 0 Å². The lowest BCUT2D eigenvalue weighted by atomic mass is 10.1. The predicted molar refractivity (Wildman–Crippen MR) is 52.2 cm³/mol. The van der Waals surface area contributed by atoms with Crippen LogP contribution < -0.4 is 5.73 Å². The van der Waals surface area contributed by atoms with Gasteiger partial charge in [-0.05, 0) is 17.7 Å². The van der Waals surface area contributed by atoms with Crippen LogP contribution >= 0.6 is 0 Å². The quantitative estimate of drug-likeness (QED) is 0.776. The number of sulfone groups is 1. The van der Waals surface area contributed by atoms with E-state index in [1.165, 1.54) is 12.1 Å². The summed E-state index contributed by atoms with van der Waals surface area (Å²) < 4.78 is 22.3. The molecule has 1 unspecified atom stereocenters. The van der Waals surface area contributed by atoms with Crippen LogP contribution in [0, 0.1) is 0 Å². The largest absolute Gasteiger partial charge is 0.317 e. The molecule has 14 heavy (non-hydrogen) atoms. The van der Waals surface area contributed by atoms with Crippen molar-refractivity contribution in [2.24, 2.45) is 5.73 Å². The summed E-state index contributed by atoms with van der Waals surface area (Å²) >= 11 is 0. The van der Waals surface area contributed by atoms with Crippen molar-refractivity contribution >= 4 is 16.1 Å². The van der Waals surface area contributed by atoms with Crippen LogP contribution in [-0.4, -0.2) is 21.0 Å². The van der Waals surface area contributed by atoms with Crippen molar-refractivity contribution < 1.29 is 13.2 Å². The summed E-state index contributed by atoms with van der Waals surface area (Å²) in [5.74, 6) is 0. The van der Waals surface area contributed by atoms with Crippen LogP contribution in [0.1, 0.15) is 11.6 Å². The third kappa shape index (κ3) is 2.40. The summed E-state index contributed by atoms with van der Waals surface area (Å²) in [6, 6.07) is 5.07. The first-order valence-electron chi connectivity index (χ1n) is 3.88. The van der Waals surface area contributed by atoms with E-state index in [0.29, 0.717) is 5.56 Å². The van der Waals surface area contributed by atoms with Crippen LogP contribution in [0.25, 0.3) is 0 Å². The monoisotopic (exact) mass is 212 g/mol. The number of benzene rings is 1. The number of carbonyl (C=O) groups excluding carboxylic acids is 1. The molecule has 0 bridgehead atoms. The van der Waals surface area contributed by atoms with Crippen molar-refractivity contribution in [3.63, 3.8) is 0 Å². The van der Waals surface area contributed by atoms with Crippen molar-refractivity contribution in [3.8, 4) is 0 Å². The van der Waals surface area contributed by atoms with Gasteiger partial charge in [-0.3, -0.25) is 4.79 Å². The summed E-state index contributed by atoms with van der Waals surface area (Å²) in [7, 11) is -3.25. The highest BCUT2D eigenvalue weighted by Gasteiger charge is 2.10. The topological polar surface area (TPSA) is 77.2 Å². The van der Waals surface area contributed by atoms with Crippen molar-refractivity contribution in [1.29, 1.82) is 0 Å². The lowest BCUT2D eigenvalue weighted by Crippen LogP contribution is -2.11. The summed E-state index contributed by atoms with van der Waals surface area (Å²) in [4.78, 5) is 10.4. The van der Waals surface area contributed by atoms with Gasteiger partial charge in [-0.25, -0.2) is 8.42 Å². The fourth-order valence-electron chi connectivity index (χ4n) is 1.01. The average Bonchev–Trinajstić information content (AvgIpc) is 2.15. The highest BCUT2D eigenvalue weighted by molar-refractivity contribution is 7.90. The predicted octanol–water partition coefficient (Wildman–Crippen LogP) is 0.200. The van der Waals surface area contributed by atoms with Crippen LogP contribution in [0.15, 0.2) is 29.2 Å². The van der Waals surface area contributed by atoms with Gasteiger partial charge in [-0.15, -0.1) is 0 Å². The maximum Gasteiger partial charge on any atom is 0.221 e. The molecule has 0 aliphatic carbocycles. The Bertz CT molecular complexity index is 439. The molecular formula is C9H10NO3S. The van der Waals surface area contributed by atoms with Gasteiger partial charge in [0.15, 0.2) is 9.84 Å². The molecule has 0 fully saturated rings. The molecule has 1 radical (unpaired) electrons. The standard InChI is InChI=1S/C9H10NO3S/c1-14(12,13)8-4-2-3-7(5-8)9(10)6-11/h2-5,9H,10H2,1H3. The normalized spacial score (nSPS) is 13.6. The van der Waals surface area contributed by atoms with E-state index in [1.807, 2.05) is 0 Å². The molecule has 1 atom stereocenters. The summed E-state index contributed by atoms with van der Waals surface area (Å²) in [5.41, 5.74) is 5.84. The second-order valence-electron chi connectivity index (χ2n) is 2.94. The van der Waals surface area contributed by atoms with Crippen LogP contribution in [0.5, 0.6) is 0 Å². The maximum absolute atomic E-state index is 11.2. The van der Waals surface area contributed by atoms with E-state index in [1.54, 1.807) is 18.4 Å². The molecule has 2 N–H and O–H groups in total. The van der Waals surface area contributed by atoms with E-state index in [4.69, 9.17) is 5.73 Å². The lowest BCUT2D eigenvalue weighted by Gasteiger charge is -2.05. The molecule has 0 aliphatic rings. The molecule has 1 rings (SSSR count). The Morgan fingerprint density at radius 3 is 2.57 bits per heavy atom. The molecular weight excluding hydrogens is 202 g/mol. The van der Waals surface area contributed by atoms with Crippen molar-refractivity contribution in [3.05, 3.63) is 29.8 Å². The van der Waals surface area contributed by atoms with Gasteiger partial charge in [-0.1, -0.05) is 12.1 Å². The van der Waals surface area contributed by atoms with Gasteiger partial charge in [0, 0.05) is 6.26 Å². The van der Waals surface area contributed by atoms with Crippen molar-refractivity contribution in [2.75, 3.05) is 6.26 Å². The molecule has 0 amide bonds. The molecule has 0 saturated heterocycles. The Morgan fingerprint density at radius 2 is 2.07 bits per heavy atom. The zero-order valence-corrected chi connectivity index (χ0v) is 8.41. The van der Waals surface area contributed by atoms with Gasteiger partial charge in [0.1, 0.15) is 0 Å². The Hall–Kier alpha value is -1.20. The third-order valence-electron chi connectivity index (χ3n) is 1.77. The molecule has 1 aromatic rings. The molecule has 0 aromatic heterocycles. The van der Waals surface area contributed by atoms with Gasteiger partial charge < -0.3 is 5.73 Å². The van der Waals surface area contributed by atoms with Gasteiger partial charge in [-0.2, -0.15) is 0 Å². The Morgan fingerprint density at radius 1 is 1.43 bits per heavy atom. The molecule has 0 spiro atoms. The maximum atomic E-state index is 11.2. The first kappa shape index (κ1) is 10.9. The van der Waals surface area contributed by atoms with E-state index in [9.17, 15) is 13.2 Å². The number of nitrogens with two attached hydrogens (primary N) is 1. The first-order chi connectivity index (χ1) is 6.45. The van der Waals surface area contributed by atoms with Gasteiger partial charge in [0.2, 0.25) is 6.29 Å². The smallest absolute Gasteiger partial charge is 0.221 e. The van der Waals surface area contributed by atoms with Crippen LogP contribution in [0.3, 0.4) is 0 Å². The van der Waals surface area contributed by atoms with Gasteiger partial charge >= 0.3 is 0 Å². The summed E-state index contributed by atoms with van der Waals surface area (Å²) in [6.45, 7) is 0. The molecule has 0 aliphatic heterocycles. The fraction of sp³-hybridized carbons (Fsp3) is 0.222. The minimum Gasteiger partial charge on any atom is -0.317 e. The molecule has 4 nitrogen and oxygen atoms in total. The van der Waals surface area contributed by atoms with E-state index in [-0.39, 0.29) is 4.90 Å². The van der Waals surface area contributed by atoms with Gasteiger partial charge in [0.05, 0.1) is 10.9 Å². The minimum absolute atomic E-state index is 0.153. The average molecular weight is 212 g/mol. The minimum atomic E-state index is -3.25. The summed E-state index contributed by atoms with van der Waals surface area (Å²) in [5, 5.41) is 0. The Labute approximate surface area is 82.7 Å². The third-order valence-corrected chi connectivity index (χ3v) is 2.88. The molecule has 5 heteroatoms. The zero-order chi connectivity index (χ0) is 10.8. The van der Waals surface area contributed by atoms with E-state index in [0.717, 1.165) is 6.26 Å². The molecule has 0 saturated carbocycles. The Kier molecular flexibility index (Phi) is 3.03. The number of hydrogen-bond donors (Lipinski definition) is 1. The van der Waals surface area contributed by atoms with Crippen molar-refractivity contribution in [1.82, 2.24) is 0 Å². The second kappa shape index (κ2) is 3.89. The second-order valence-corrected chi connectivity index (χ2v) is 4.96.